The van der Waals surface area contributed by atoms with Gasteiger partial charge in [0, 0.05) is 38.8 Å². The first-order chi connectivity index (χ1) is 12.8. The smallest absolute Gasteiger partial charge is 0.410 e. The Morgan fingerprint density at radius 1 is 1.19 bits per heavy atom. The summed E-state index contributed by atoms with van der Waals surface area (Å²) >= 11 is 0. The quantitative estimate of drug-likeness (QED) is 0.765. The van der Waals surface area contributed by atoms with Gasteiger partial charge < -0.3 is 14.7 Å². The molecule has 1 saturated heterocycles. The maximum absolute atomic E-state index is 12.8. The number of rotatable bonds is 6. The molecule has 5 nitrogen and oxygen atoms in total. The van der Waals surface area contributed by atoms with Gasteiger partial charge in [-0.15, -0.1) is 0 Å². The SMILES string of the molecule is C[C@@H]1C(CCCCO)CN(Cc2ccccc2)CCN1C(=O)OC(C)(C)C. The van der Waals surface area contributed by atoms with Gasteiger partial charge in [-0.25, -0.2) is 4.79 Å². The Morgan fingerprint density at radius 2 is 1.89 bits per heavy atom. The van der Waals surface area contributed by atoms with Crippen molar-refractivity contribution in [1.82, 2.24) is 9.80 Å². The van der Waals surface area contributed by atoms with E-state index in [0.717, 1.165) is 38.9 Å². The van der Waals surface area contributed by atoms with Crippen LogP contribution in [0.15, 0.2) is 30.3 Å². The molecule has 1 N–H and O–H groups in total. The Morgan fingerprint density at radius 3 is 2.52 bits per heavy atom. The Labute approximate surface area is 164 Å². The first-order valence-electron chi connectivity index (χ1n) is 10.2. The fourth-order valence-electron chi connectivity index (χ4n) is 3.70. The molecule has 1 unspecified atom stereocenters. The van der Waals surface area contributed by atoms with Crippen LogP contribution in [0.2, 0.25) is 0 Å². The van der Waals surface area contributed by atoms with Gasteiger partial charge in [-0.2, -0.15) is 0 Å². The van der Waals surface area contributed by atoms with Crippen molar-refractivity contribution in [2.45, 2.75) is 65.1 Å². The highest BCUT2D eigenvalue weighted by Gasteiger charge is 2.34. The van der Waals surface area contributed by atoms with Gasteiger partial charge >= 0.3 is 6.09 Å². The number of hydrogen-bond acceptors (Lipinski definition) is 4. The lowest BCUT2D eigenvalue weighted by Gasteiger charge is -2.33. The summed E-state index contributed by atoms with van der Waals surface area (Å²) in [5.74, 6) is 0.371. The van der Waals surface area contributed by atoms with E-state index in [4.69, 9.17) is 9.84 Å². The van der Waals surface area contributed by atoms with Gasteiger partial charge in [0.2, 0.25) is 0 Å². The molecule has 152 valence electrons. The summed E-state index contributed by atoms with van der Waals surface area (Å²) in [5, 5.41) is 9.14. The van der Waals surface area contributed by atoms with E-state index in [2.05, 4.69) is 36.1 Å². The maximum Gasteiger partial charge on any atom is 0.410 e. The Bertz CT molecular complexity index is 571. The van der Waals surface area contributed by atoms with E-state index in [0.29, 0.717) is 12.5 Å². The van der Waals surface area contributed by atoms with Gasteiger partial charge in [0.1, 0.15) is 5.60 Å². The number of nitrogens with zero attached hydrogens (tertiary/aromatic N) is 2. The summed E-state index contributed by atoms with van der Waals surface area (Å²) in [4.78, 5) is 17.1. The number of aliphatic hydroxyl groups excluding tert-OH is 1. The second-order valence-corrected chi connectivity index (χ2v) is 8.61. The average molecular weight is 377 g/mol. The lowest BCUT2D eigenvalue weighted by molar-refractivity contribution is 0.0143. The predicted molar refractivity (Wildman–Crippen MR) is 109 cm³/mol. The van der Waals surface area contributed by atoms with Crippen LogP contribution in [0.25, 0.3) is 0 Å². The lowest BCUT2D eigenvalue weighted by atomic mass is 9.93. The van der Waals surface area contributed by atoms with Crippen molar-refractivity contribution in [1.29, 1.82) is 0 Å². The van der Waals surface area contributed by atoms with Gasteiger partial charge in [-0.05, 0) is 52.0 Å². The van der Waals surface area contributed by atoms with Crippen molar-refractivity contribution < 1.29 is 14.6 Å². The van der Waals surface area contributed by atoms with Crippen LogP contribution in [0.1, 0.15) is 52.5 Å². The fraction of sp³-hybridized carbons (Fsp3) is 0.682. The third-order valence-corrected chi connectivity index (χ3v) is 5.18. The number of benzene rings is 1. The molecule has 1 aromatic carbocycles. The van der Waals surface area contributed by atoms with E-state index >= 15 is 0 Å². The molecule has 27 heavy (non-hydrogen) atoms. The third kappa shape index (κ3) is 7.15. The molecule has 2 atom stereocenters. The molecule has 0 bridgehead atoms. The van der Waals surface area contributed by atoms with Gasteiger partial charge in [0.05, 0.1) is 0 Å². The van der Waals surface area contributed by atoms with Gasteiger partial charge in [-0.3, -0.25) is 4.90 Å². The first-order valence-corrected chi connectivity index (χ1v) is 10.2. The molecule has 1 aliphatic rings. The number of carbonyl (C=O) groups is 1. The number of ether oxygens (including phenoxy) is 1. The van der Waals surface area contributed by atoms with Crippen molar-refractivity contribution in [2.24, 2.45) is 5.92 Å². The summed E-state index contributed by atoms with van der Waals surface area (Å²) in [7, 11) is 0. The number of hydrogen-bond donors (Lipinski definition) is 1. The van der Waals surface area contributed by atoms with Gasteiger partial charge in [0.15, 0.2) is 0 Å². The minimum atomic E-state index is -0.487. The normalized spacial score (nSPS) is 21.7. The summed E-state index contributed by atoms with van der Waals surface area (Å²) < 4.78 is 5.66. The van der Waals surface area contributed by atoms with Crippen molar-refractivity contribution in [2.75, 3.05) is 26.2 Å². The van der Waals surface area contributed by atoms with E-state index in [1.54, 1.807) is 0 Å². The third-order valence-electron chi connectivity index (χ3n) is 5.18. The largest absolute Gasteiger partial charge is 0.444 e. The standard InChI is InChI=1S/C22H36N2O3/c1-18-20(12-8-9-15-25)17-23(16-19-10-6-5-7-11-19)13-14-24(18)21(26)27-22(2,3)4/h5-7,10-11,18,20,25H,8-9,12-17H2,1-4H3/t18-,20?/m1/s1. The van der Waals surface area contributed by atoms with Crippen LogP contribution in [0, 0.1) is 5.92 Å². The lowest BCUT2D eigenvalue weighted by Crippen LogP contribution is -2.45. The van der Waals surface area contributed by atoms with E-state index < -0.39 is 5.60 Å². The average Bonchev–Trinajstić information content (AvgIpc) is 2.74. The van der Waals surface area contributed by atoms with Crippen LogP contribution < -0.4 is 0 Å². The maximum atomic E-state index is 12.8. The fourth-order valence-corrected chi connectivity index (χ4v) is 3.70. The molecule has 1 aromatic rings. The van der Waals surface area contributed by atoms with Gasteiger partial charge in [0.25, 0.3) is 0 Å². The molecule has 1 fully saturated rings. The molecule has 0 spiro atoms. The summed E-state index contributed by atoms with van der Waals surface area (Å²) in [6.07, 6.45) is 2.58. The number of amides is 1. The first kappa shape index (κ1) is 21.7. The van der Waals surface area contributed by atoms with E-state index in [9.17, 15) is 4.79 Å². The Kier molecular flexibility index (Phi) is 8.11. The van der Waals surface area contributed by atoms with Crippen molar-refractivity contribution >= 4 is 6.09 Å². The van der Waals surface area contributed by atoms with Crippen LogP contribution in [0.3, 0.4) is 0 Å². The zero-order valence-corrected chi connectivity index (χ0v) is 17.4. The Hall–Kier alpha value is -1.59. The highest BCUT2D eigenvalue weighted by Crippen LogP contribution is 2.25. The highest BCUT2D eigenvalue weighted by atomic mass is 16.6. The van der Waals surface area contributed by atoms with E-state index in [-0.39, 0.29) is 18.7 Å². The molecule has 1 aliphatic heterocycles. The number of unbranched alkanes of at least 4 members (excludes halogenated alkanes) is 1. The molecule has 0 aromatic heterocycles. The van der Waals surface area contributed by atoms with Crippen LogP contribution >= 0.6 is 0 Å². The van der Waals surface area contributed by atoms with E-state index in [1.165, 1.54) is 5.56 Å². The van der Waals surface area contributed by atoms with E-state index in [1.807, 2.05) is 31.7 Å². The Balaban J connectivity index is 2.10. The minimum Gasteiger partial charge on any atom is -0.444 e. The topological polar surface area (TPSA) is 53.0 Å². The molecule has 5 heteroatoms. The molecule has 2 rings (SSSR count). The van der Waals surface area contributed by atoms with Crippen molar-refractivity contribution in [3.63, 3.8) is 0 Å². The van der Waals surface area contributed by atoms with Crippen molar-refractivity contribution in [3.8, 4) is 0 Å². The van der Waals surface area contributed by atoms with Crippen LogP contribution in [-0.4, -0.2) is 58.9 Å². The summed E-state index contributed by atoms with van der Waals surface area (Å²) in [5.41, 5.74) is 0.809. The highest BCUT2D eigenvalue weighted by molar-refractivity contribution is 5.68. The number of aliphatic hydroxyl groups is 1. The monoisotopic (exact) mass is 376 g/mol. The van der Waals surface area contributed by atoms with Gasteiger partial charge in [-0.1, -0.05) is 36.8 Å². The summed E-state index contributed by atoms with van der Waals surface area (Å²) in [6.45, 7) is 11.5. The second kappa shape index (κ2) is 10.1. The molecule has 0 saturated carbocycles. The molecular weight excluding hydrogens is 340 g/mol. The predicted octanol–water partition coefficient (Wildman–Crippen LogP) is 3.91. The number of carbonyl (C=O) groups excluding carboxylic acids is 1. The van der Waals surface area contributed by atoms with Crippen molar-refractivity contribution in [3.05, 3.63) is 35.9 Å². The summed E-state index contributed by atoms with van der Waals surface area (Å²) in [6, 6.07) is 10.6. The zero-order chi connectivity index (χ0) is 19.9. The molecule has 1 amide bonds. The van der Waals surface area contributed by atoms with Crippen LogP contribution in [-0.2, 0) is 11.3 Å². The van der Waals surface area contributed by atoms with Crippen LogP contribution in [0.4, 0.5) is 4.79 Å². The van der Waals surface area contributed by atoms with Crippen LogP contribution in [0.5, 0.6) is 0 Å². The molecular formula is C22H36N2O3. The molecule has 1 heterocycles. The molecule has 0 aliphatic carbocycles. The zero-order valence-electron chi connectivity index (χ0n) is 17.4. The second-order valence-electron chi connectivity index (χ2n) is 8.61. The molecule has 0 radical (unpaired) electrons. The minimum absolute atomic E-state index is 0.124.